The largest absolute Gasteiger partial charge is 0.465 e. The van der Waals surface area contributed by atoms with E-state index in [2.05, 4.69) is 10.1 Å². The molecule has 0 spiro atoms. The third kappa shape index (κ3) is 2.49. The van der Waals surface area contributed by atoms with E-state index in [9.17, 15) is 18.0 Å². The molecule has 0 bridgehead atoms. The predicted molar refractivity (Wildman–Crippen MR) is 68.8 cm³/mol. The molecule has 0 unspecified atom stereocenters. The number of nitrogens with two attached hydrogens (primary N) is 1. The minimum Gasteiger partial charge on any atom is -0.465 e. The average molecular weight is 309 g/mol. The van der Waals surface area contributed by atoms with Crippen molar-refractivity contribution < 1.29 is 22.7 Å². The summed E-state index contributed by atoms with van der Waals surface area (Å²) >= 11 is 5.90. The Hall–Kier alpha value is -1.63. The molecule has 8 heteroatoms. The monoisotopic (exact) mass is 308 g/mol. The van der Waals surface area contributed by atoms with Crippen LogP contribution in [0.15, 0.2) is 12.1 Å². The van der Waals surface area contributed by atoms with Gasteiger partial charge in [-0.1, -0.05) is 11.6 Å². The molecule has 4 nitrogen and oxygen atoms in total. The van der Waals surface area contributed by atoms with Crippen LogP contribution >= 0.6 is 11.6 Å². The summed E-state index contributed by atoms with van der Waals surface area (Å²) in [5, 5.41) is 2.28. The lowest BCUT2D eigenvalue weighted by Crippen LogP contribution is -2.39. The minimum absolute atomic E-state index is 0.0547. The number of rotatable bonds is 3. The second kappa shape index (κ2) is 4.73. The van der Waals surface area contributed by atoms with Crippen molar-refractivity contribution in [1.29, 1.82) is 0 Å². The molecule has 0 atom stereocenters. The number of hydrogen-bond donors (Lipinski definition) is 2. The van der Waals surface area contributed by atoms with Crippen molar-refractivity contribution in [3.63, 3.8) is 0 Å². The first-order valence-corrected chi connectivity index (χ1v) is 6.10. The van der Waals surface area contributed by atoms with Gasteiger partial charge in [-0.25, -0.2) is 4.79 Å². The molecule has 1 saturated carbocycles. The SMILES string of the molecule is COC(=O)c1cc(N)cc(Cl)c1NC1(C(F)(F)F)CC1. The van der Waals surface area contributed by atoms with E-state index in [1.54, 1.807) is 0 Å². The van der Waals surface area contributed by atoms with Crippen molar-refractivity contribution in [2.24, 2.45) is 0 Å². The van der Waals surface area contributed by atoms with Gasteiger partial charge in [0.2, 0.25) is 0 Å². The van der Waals surface area contributed by atoms with Crippen LogP contribution < -0.4 is 11.1 Å². The van der Waals surface area contributed by atoms with Crippen LogP contribution in [-0.4, -0.2) is 24.8 Å². The van der Waals surface area contributed by atoms with Crippen molar-refractivity contribution in [3.8, 4) is 0 Å². The van der Waals surface area contributed by atoms with Crippen molar-refractivity contribution in [1.82, 2.24) is 0 Å². The smallest absolute Gasteiger partial charge is 0.411 e. The standard InChI is InChI=1S/C12H12ClF3N2O2/c1-20-10(19)7-4-6(17)5-8(13)9(7)18-11(2-3-11)12(14,15)16/h4-5,18H,2-3,17H2,1H3. The fourth-order valence-electron chi connectivity index (χ4n) is 1.87. The molecule has 0 radical (unpaired) electrons. The highest BCUT2D eigenvalue weighted by Crippen LogP contribution is 2.52. The van der Waals surface area contributed by atoms with E-state index in [-0.39, 0.29) is 34.8 Å². The van der Waals surface area contributed by atoms with Gasteiger partial charge < -0.3 is 15.8 Å². The molecule has 3 N–H and O–H groups in total. The second-order valence-electron chi connectivity index (χ2n) is 4.62. The van der Waals surface area contributed by atoms with Gasteiger partial charge in [0.1, 0.15) is 5.54 Å². The zero-order valence-corrected chi connectivity index (χ0v) is 11.2. The van der Waals surface area contributed by atoms with E-state index in [0.717, 1.165) is 7.11 Å². The number of nitrogen functional groups attached to an aromatic ring is 1. The minimum atomic E-state index is -4.43. The van der Waals surface area contributed by atoms with Crippen molar-refractivity contribution in [3.05, 3.63) is 22.7 Å². The van der Waals surface area contributed by atoms with Crippen LogP contribution in [0.4, 0.5) is 24.5 Å². The number of alkyl halides is 3. The number of esters is 1. The number of methoxy groups -OCH3 is 1. The van der Waals surface area contributed by atoms with E-state index < -0.39 is 17.7 Å². The van der Waals surface area contributed by atoms with Crippen LogP contribution in [0.2, 0.25) is 5.02 Å². The number of benzene rings is 1. The predicted octanol–water partition coefficient (Wildman–Crippen LogP) is 3.22. The molecule has 1 aromatic rings. The highest BCUT2D eigenvalue weighted by molar-refractivity contribution is 6.34. The lowest BCUT2D eigenvalue weighted by Gasteiger charge is -2.24. The Morgan fingerprint density at radius 3 is 2.50 bits per heavy atom. The second-order valence-corrected chi connectivity index (χ2v) is 5.03. The van der Waals surface area contributed by atoms with Crippen LogP contribution in [0.1, 0.15) is 23.2 Å². The highest BCUT2D eigenvalue weighted by atomic mass is 35.5. The molecule has 0 saturated heterocycles. The maximum atomic E-state index is 13.0. The highest BCUT2D eigenvalue weighted by Gasteiger charge is 2.63. The molecular formula is C12H12ClF3N2O2. The summed E-state index contributed by atoms with van der Waals surface area (Å²) in [6.45, 7) is 0. The first-order valence-electron chi connectivity index (χ1n) is 5.72. The van der Waals surface area contributed by atoms with Gasteiger partial charge in [0.25, 0.3) is 0 Å². The third-order valence-corrected chi connectivity index (χ3v) is 3.47. The van der Waals surface area contributed by atoms with Gasteiger partial charge in [-0.05, 0) is 25.0 Å². The van der Waals surface area contributed by atoms with Gasteiger partial charge in [0, 0.05) is 5.69 Å². The van der Waals surface area contributed by atoms with Gasteiger partial charge >= 0.3 is 12.1 Å². The van der Waals surface area contributed by atoms with Gasteiger partial charge in [0.05, 0.1) is 23.4 Å². The number of anilines is 2. The van der Waals surface area contributed by atoms with E-state index in [0.29, 0.717) is 0 Å². The summed E-state index contributed by atoms with van der Waals surface area (Å²) in [6.07, 6.45) is -4.57. The van der Waals surface area contributed by atoms with Gasteiger partial charge in [-0.3, -0.25) is 0 Å². The lowest BCUT2D eigenvalue weighted by molar-refractivity contribution is -0.151. The van der Waals surface area contributed by atoms with Crippen LogP contribution in [0.25, 0.3) is 0 Å². The first kappa shape index (κ1) is 14.8. The summed E-state index contributed by atoms with van der Waals surface area (Å²) in [4.78, 5) is 11.6. The summed E-state index contributed by atoms with van der Waals surface area (Å²) < 4.78 is 43.4. The molecule has 0 heterocycles. The number of nitrogens with one attached hydrogen (secondary N) is 1. The number of halogens is 4. The normalized spacial score (nSPS) is 16.6. The van der Waals surface area contributed by atoms with Crippen LogP contribution in [0.3, 0.4) is 0 Å². The molecule has 1 aromatic carbocycles. The summed E-state index contributed by atoms with van der Waals surface area (Å²) in [6, 6.07) is 2.51. The molecule has 20 heavy (non-hydrogen) atoms. The quantitative estimate of drug-likeness (QED) is 0.665. The average Bonchev–Trinajstić information content (AvgIpc) is 3.11. The van der Waals surface area contributed by atoms with Crippen LogP contribution in [0.5, 0.6) is 0 Å². The molecule has 1 aliphatic carbocycles. The van der Waals surface area contributed by atoms with Gasteiger partial charge in [-0.15, -0.1) is 0 Å². The summed E-state index contributed by atoms with van der Waals surface area (Å²) in [7, 11) is 1.12. The lowest BCUT2D eigenvalue weighted by atomic mass is 10.1. The van der Waals surface area contributed by atoms with Gasteiger partial charge in [0.15, 0.2) is 0 Å². The maximum absolute atomic E-state index is 13.0. The molecule has 1 aliphatic rings. The Balaban J connectivity index is 2.44. The number of ether oxygens (including phenoxy) is 1. The zero-order chi connectivity index (χ0) is 15.1. The van der Waals surface area contributed by atoms with E-state index in [1.165, 1.54) is 12.1 Å². The molecular weight excluding hydrogens is 297 g/mol. The first-order chi connectivity index (χ1) is 9.20. The Morgan fingerprint density at radius 1 is 1.45 bits per heavy atom. The zero-order valence-electron chi connectivity index (χ0n) is 10.5. The third-order valence-electron chi connectivity index (χ3n) is 3.17. The van der Waals surface area contributed by atoms with E-state index in [4.69, 9.17) is 17.3 Å². The number of carbonyl (C=O) groups excluding carboxylic acids is 1. The Morgan fingerprint density at radius 2 is 2.05 bits per heavy atom. The van der Waals surface area contributed by atoms with Crippen molar-refractivity contribution >= 4 is 28.9 Å². The summed E-state index contributed by atoms with van der Waals surface area (Å²) in [5.41, 5.74) is 3.45. The number of carbonyl (C=O) groups is 1. The molecule has 1 fully saturated rings. The van der Waals surface area contributed by atoms with E-state index >= 15 is 0 Å². The fraction of sp³-hybridized carbons (Fsp3) is 0.417. The van der Waals surface area contributed by atoms with Crippen molar-refractivity contribution in [2.45, 2.75) is 24.6 Å². The van der Waals surface area contributed by atoms with Crippen molar-refractivity contribution in [2.75, 3.05) is 18.2 Å². The Labute approximate surface area is 118 Å². The Kier molecular flexibility index (Phi) is 3.49. The summed E-state index contributed by atoms with van der Waals surface area (Å²) in [5.74, 6) is -0.806. The van der Waals surface area contributed by atoms with Crippen LogP contribution in [-0.2, 0) is 4.74 Å². The van der Waals surface area contributed by atoms with Gasteiger partial charge in [-0.2, -0.15) is 13.2 Å². The maximum Gasteiger partial charge on any atom is 0.411 e. The number of hydrogen-bond acceptors (Lipinski definition) is 4. The molecule has 2 rings (SSSR count). The molecule has 110 valence electrons. The van der Waals surface area contributed by atoms with Crippen LogP contribution in [0, 0.1) is 0 Å². The molecule has 0 amide bonds. The Bertz CT molecular complexity index is 556. The fourth-order valence-corrected chi connectivity index (χ4v) is 2.14. The molecule has 0 aromatic heterocycles. The van der Waals surface area contributed by atoms with E-state index in [1.807, 2.05) is 0 Å². The molecule has 0 aliphatic heterocycles. The topological polar surface area (TPSA) is 64.3 Å².